The van der Waals surface area contributed by atoms with E-state index in [1.165, 1.54) is 0 Å². The molecule has 25 heavy (non-hydrogen) atoms. The minimum absolute atomic E-state index is 0.0133. The molecule has 0 unspecified atom stereocenters. The average Bonchev–Trinajstić information content (AvgIpc) is 2.64. The first-order valence-electron chi connectivity index (χ1n) is 8.22. The lowest BCUT2D eigenvalue weighted by Gasteiger charge is -2.25. The van der Waals surface area contributed by atoms with E-state index in [-0.39, 0.29) is 18.4 Å². The maximum Gasteiger partial charge on any atom is 0.318 e. The van der Waals surface area contributed by atoms with E-state index in [9.17, 15) is 4.39 Å². The molecular formula is C18H21FN4O2. The van der Waals surface area contributed by atoms with E-state index in [0.717, 1.165) is 49.2 Å². The molecule has 0 saturated carbocycles. The molecule has 1 saturated heterocycles. The van der Waals surface area contributed by atoms with Gasteiger partial charge in [-0.3, -0.25) is 0 Å². The number of likely N-dealkylation sites (tertiary alicyclic amines) is 1. The highest BCUT2D eigenvalue weighted by molar-refractivity contribution is 5.84. The molecule has 2 aromatic rings. The normalized spacial score (nSPS) is 16.1. The topological polar surface area (TPSA) is 59.8 Å². The number of hydrogen-bond acceptors (Lipinski definition) is 5. The summed E-state index contributed by atoms with van der Waals surface area (Å²) in [5.74, 6) is 1.04. The first kappa shape index (κ1) is 17.1. The van der Waals surface area contributed by atoms with E-state index in [1.54, 1.807) is 7.11 Å². The largest absolute Gasteiger partial charge is 0.497 e. The number of aromatic nitrogens is 2. The van der Waals surface area contributed by atoms with Crippen molar-refractivity contribution in [3.8, 4) is 11.8 Å². The number of amidine groups is 1. The van der Waals surface area contributed by atoms with Crippen LogP contribution in [0, 0.1) is 5.82 Å². The van der Waals surface area contributed by atoms with Crippen LogP contribution in [0.2, 0.25) is 0 Å². The van der Waals surface area contributed by atoms with Gasteiger partial charge in [0.05, 0.1) is 13.3 Å². The second-order valence-corrected chi connectivity index (χ2v) is 5.87. The van der Waals surface area contributed by atoms with Gasteiger partial charge in [0.1, 0.15) is 18.2 Å². The molecule has 1 aliphatic heterocycles. The van der Waals surface area contributed by atoms with Crippen LogP contribution < -0.4 is 9.47 Å². The van der Waals surface area contributed by atoms with Crippen molar-refractivity contribution in [3.63, 3.8) is 0 Å². The molecule has 0 spiro atoms. The zero-order valence-corrected chi connectivity index (χ0v) is 14.4. The highest BCUT2D eigenvalue weighted by atomic mass is 19.1. The van der Waals surface area contributed by atoms with Crippen LogP contribution in [-0.2, 0) is 6.61 Å². The molecule has 0 atom stereocenters. The molecule has 0 bridgehead atoms. The predicted molar refractivity (Wildman–Crippen MR) is 92.9 cm³/mol. The Morgan fingerprint density at radius 1 is 1.32 bits per heavy atom. The van der Waals surface area contributed by atoms with E-state index >= 15 is 0 Å². The van der Waals surface area contributed by atoms with Gasteiger partial charge in [0.25, 0.3) is 0 Å². The summed E-state index contributed by atoms with van der Waals surface area (Å²) in [6.45, 7) is 1.18. The number of aliphatic imine (C=N–C) groups is 1. The molecule has 0 radical (unpaired) electrons. The number of ether oxygens (including phenoxy) is 2. The Bertz CT molecular complexity index is 766. The average molecular weight is 344 g/mol. The van der Waals surface area contributed by atoms with Gasteiger partial charge in [-0.2, -0.15) is 4.98 Å². The van der Waals surface area contributed by atoms with Gasteiger partial charge in [0, 0.05) is 20.0 Å². The summed E-state index contributed by atoms with van der Waals surface area (Å²) in [5.41, 5.74) is 0.909. The van der Waals surface area contributed by atoms with Gasteiger partial charge in [0.2, 0.25) is 0 Å². The second kappa shape index (κ2) is 7.92. The van der Waals surface area contributed by atoms with Crippen LogP contribution in [-0.4, -0.2) is 41.4 Å². The number of halogens is 1. The molecule has 6 nitrogen and oxygen atoms in total. The smallest absolute Gasteiger partial charge is 0.318 e. The lowest BCUT2D eigenvalue weighted by atomic mass is 10.1. The van der Waals surface area contributed by atoms with Crippen molar-refractivity contribution in [2.45, 2.75) is 25.9 Å². The summed E-state index contributed by atoms with van der Waals surface area (Å²) >= 11 is 0. The van der Waals surface area contributed by atoms with Crippen LogP contribution in [0.3, 0.4) is 0 Å². The van der Waals surface area contributed by atoms with Gasteiger partial charge < -0.3 is 14.4 Å². The summed E-state index contributed by atoms with van der Waals surface area (Å²) < 4.78 is 24.7. The molecule has 1 aromatic carbocycles. The number of methoxy groups -OCH3 is 1. The number of piperidine rings is 1. The van der Waals surface area contributed by atoms with Crippen molar-refractivity contribution in [2.24, 2.45) is 4.99 Å². The first-order chi connectivity index (χ1) is 12.2. The van der Waals surface area contributed by atoms with E-state index in [0.29, 0.717) is 0 Å². The van der Waals surface area contributed by atoms with Crippen LogP contribution in [0.1, 0.15) is 24.8 Å². The van der Waals surface area contributed by atoms with Crippen molar-refractivity contribution in [2.75, 3.05) is 20.7 Å². The quantitative estimate of drug-likeness (QED) is 0.832. The maximum absolute atomic E-state index is 14.0. The summed E-state index contributed by atoms with van der Waals surface area (Å²) in [5, 5.41) is 0. The molecule has 1 aromatic heterocycles. The third kappa shape index (κ3) is 4.43. The maximum atomic E-state index is 14.0. The minimum Gasteiger partial charge on any atom is -0.497 e. The van der Waals surface area contributed by atoms with Crippen LogP contribution >= 0.6 is 0 Å². The zero-order chi connectivity index (χ0) is 17.6. The van der Waals surface area contributed by atoms with E-state index < -0.39 is 5.82 Å². The van der Waals surface area contributed by atoms with Crippen molar-refractivity contribution in [1.29, 1.82) is 0 Å². The van der Waals surface area contributed by atoms with E-state index in [2.05, 4.69) is 15.0 Å². The van der Waals surface area contributed by atoms with Crippen LogP contribution in [0.5, 0.6) is 11.8 Å². The summed E-state index contributed by atoms with van der Waals surface area (Å²) in [7, 11) is 3.56. The van der Waals surface area contributed by atoms with Crippen molar-refractivity contribution in [1.82, 2.24) is 14.9 Å². The lowest BCUT2D eigenvalue weighted by Crippen LogP contribution is -2.31. The summed E-state index contributed by atoms with van der Waals surface area (Å²) in [6.07, 6.45) is 4.09. The molecule has 132 valence electrons. The molecular weight excluding hydrogens is 323 g/mol. The standard InChI is InChI=1S/C18H21FN4O2/c1-23-9-4-3-8-16(23)21-17-15(19)11-20-18(22-17)25-12-13-6-5-7-14(10-13)24-2/h5-7,10-11H,3-4,8-9,12H2,1-2H3/b21-16+. The van der Waals surface area contributed by atoms with Crippen LogP contribution in [0.15, 0.2) is 35.5 Å². The molecule has 3 rings (SSSR count). The highest BCUT2D eigenvalue weighted by Gasteiger charge is 2.15. The SMILES string of the molecule is COc1cccc(COc2ncc(F)c(/N=C3\CCCCN3C)n2)c1. The molecule has 0 N–H and O–H groups in total. The Balaban J connectivity index is 1.73. The van der Waals surface area contributed by atoms with E-state index in [1.807, 2.05) is 36.2 Å². The molecule has 1 aliphatic rings. The van der Waals surface area contributed by atoms with Gasteiger partial charge in [-0.05, 0) is 30.5 Å². The number of rotatable bonds is 5. The minimum atomic E-state index is -0.555. The Morgan fingerprint density at radius 2 is 2.20 bits per heavy atom. The first-order valence-corrected chi connectivity index (χ1v) is 8.22. The Hall–Kier alpha value is -2.70. The van der Waals surface area contributed by atoms with Gasteiger partial charge in [-0.1, -0.05) is 12.1 Å². The van der Waals surface area contributed by atoms with Crippen molar-refractivity contribution < 1.29 is 13.9 Å². The summed E-state index contributed by atoms with van der Waals surface area (Å²) in [6, 6.07) is 7.60. The Labute approximate surface area is 146 Å². The van der Waals surface area contributed by atoms with Crippen LogP contribution in [0.4, 0.5) is 10.2 Å². The number of benzene rings is 1. The highest BCUT2D eigenvalue weighted by Crippen LogP contribution is 2.21. The van der Waals surface area contributed by atoms with Gasteiger partial charge in [0.15, 0.2) is 11.6 Å². The third-order valence-electron chi connectivity index (χ3n) is 4.03. The number of hydrogen-bond donors (Lipinski definition) is 0. The van der Waals surface area contributed by atoms with Crippen molar-refractivity contribution >= 4 is 11.7 Å². The fourth-order valence-corrected chi connectivity index (χ4v) is 2.62. The monoisotopic (exact) mass is 344 g/mol. The van der Waals surface area contributed by atoms with Crippen molar-refractivity contribution in [3.05, 3.63) is 41.8 Å². The molecule has 0 aliphatic carbocycles. The van der Waals surface area contributed by atoms with Gasteiger partial charge in [-0.15, -0.1) is 0 Å². The molecule has 2 heterocycles. The third-order valence-corrected chi connectivity index (χ3v) is 4.03. The number of nitrogens with zero attached hydrogens (tertiary/aromatic N) is 4. The Kier molecular flexibility index (Phi) is 5.42. The fourth-order valence-electron chi connectivity index (χ4n) is 2.62. The second-order valence-electron chi connectivity index (χ2n) is 5.87. The lowest BCUT2D eigenvalue weighted by molar-refractivity contribution is 0.279. The molecule has 0 amide bonds. The van der Waals surface area contributed by atoms with Gasteiger partial charge >= 0.3 is 6.01 Å². The molecule has 1 fully saturated rings. The van der Waals surface area contributed by atoms with Crippen LogP contribution in [0.25, 0.3) is 0 Å². The van der Waals surface area contributed by atoms with Gasteiger partial charge in [-0.25, -0.2) is 14.4 Å². The Morgan fingerprint density at radius 3 is 3.00 bits per heavy atom. The fraction of sp³-hybridized carbons (Fsp3) is 0.389. The predicted octanol–water partition coefficient (Wildman–Crippen LogP) is 3.35. The zero-order valence-electron chi connectivity index (χ0n) is 14.4. The summed E-state index contributed by atoms with van der Waals surface area (Å²) in [4.78, 5) is 14.4. The molecule has 7 heteroatoms. The van der Waals surface area contributed by atoms with E-state index in [4.69, 9.17) is 9.47 Å².